The van der Waals surface area contributed by atoms with E-state index in [0.717, 1.165) is 0 Å². The van der Waals surface area contributed by atoms with E-state index in [2.05, 4.69) is 0 Å². The van der Waals surface area contributed by atoms with E-state index in [1.54, 1.807) is 0 Å². The summed E-state index contributed by atoms with van der Waals surface area (Å²) in [5.41, 5.74) is 1.25. The molecule has 0 spiro atoms. The summed E-state index contributed by atoms with van der Waals surface area (Å²) in [6.45, 7) is 4.03. The van der Waals surface area contributed by atoms with Crippen LogP contribution in [-0.4, -0.2) is 0 Å². The molecule has 1 nitrogen and oxygen atoms in total. The predicted molar refractivity (Wildman–Crippen MR) is 31.2 cm³/mol. The summed E-state index contributed by atoms with van der Waals surface area (Å²) in [6, 6.07) is 0. The average molecular weight is 103 g/mol. The Balaban J connectivity index is 3.14. The molecule has 0 unspecified atom stereocenters. The molecule has 0 bridgehead atoms. The van der Waals surface area contributed by atoms with Crippen LogP contribution >= 0.6 is 11.9 Å². The van der Waals surface area contributed by atoms with Gasteiger partial charge in [-0.25, -0.2) is 0 Å². The number of rotatable bonds is 1. The van der Waals surface area contributed by atoms with Crippen LogP contribution in [0.2, 0.25) is 0 Å². The van der Waals surface area contributed by atoms with Crippen molar-refractivity contribution in [3.63, 3.8) is 0 Å². The highest BCUT2D eigenvalue weighted by atomic mass is 32.2. The highest BCUT2D eigenvalue weighted by Gasteiger charge is 1.68. The smallest absolute Gasteiger partial charge is 0.0152 e. The van der Waals surface area contributed by atoms with Crippen LogP contribution in [0.5, 0.6) is 0 Å². The highest BCUT2D eigenvalue weighted by molar-refractivity contribution is 7.99. The second kappa shape index (κ2) is 3.25. The van der Waals surface area contributed by atoms with Crippen LogP contribution in [0.15, 0.2) is 11.0 Å². The highest BCUT2D eigenvalue weighted by Crippen LogP contribution is 1.94. The summed E-state index contributed by atoms with van der Waals surface area (Å²) < 4.78 is 0. The van der Waals surface area contributed by atoms with E-state index >= 15 is 0 Å². The van der Waals surface area contributed by atoms with Crippen molar-refractivity contribution in [3.8, 4) is 0 Å². The Morgan fingerprint density at radius 1 is 1.67 bits per heavy atom. The van der Waals surface area contributed by atoms with Crippen molar-refractivity contribution in [2.45, 2.75) is 13.8 Å². The average Bonchev–Trinajstić information content (AvgIpc) is 1.35. The fourth-order valence-corrected chi connectivity index (χ4v) is 0.408. The molecule has 0 aliphatic carbocycles. The molecule has 36 valence electrons. The minimum absolute atomic E-state index is 1.25. The lowest BCUT2D eigenvalue weighted by Crippen LogP contribution is -1.69. The second-order valence-corrected chi connectivity index (χ2v) is 1.84. The predicted octanol–water partition coefficient (Wildman–Crippen LogP) is 1.52. The first-order valence-electron chi connectivity index (χ1n) is 1.76. The maximum absolute atomic E-state index is 5.07. The van der Waals surface area contributed by atoms with Crippen molar-refractivity contribution in [2.24, 2.45) is 5.14 Å². The molecule has 0 saturated heterocycles. The molecule has 0 aromatic carbocycles. The van der Waals surface area contributed by atoms with Crippen LogP contribution in [0.1, 0.15) is 13.8 Å². The second-order valence-electron chi connectivity index (χ2n) is 1.33. The van der Waals surface area contributed by atoms with Gasteiger partial charge in [0.15, 0.2) is 0 Å². The largest absolute Gasteiger partial charge is 0.274 e. The number of nitrogens with two attached hydrogens (primary N) is 1. The third kappa shape index (κ3) is 4.05. The standard InChI is InChI=1S/C4H9NS/c1-4(2)3-6-5/h3H,5H2,1-2H3. The molecule has 0 saturated carbocycles. The van der Waals surface area contributed by atoms with Gasteiger partial charge in [-0.1, -0.05) is 17.5 Å². The zero-order chi connectivity index (χ0) is 4.99. The molecule has 0 aliphatic heterocycles. The van der Waals surface area contributed by atoms with Crippen molar-refractivity contribution in [2.75, 3.05) is 0 Å². The van der Waals surface area contributed by atoms with Gasteiger partial charge >= 0.3 is 0 Å². The van der Waals surface area contributed by atoms with Gasteiger partial charge in [-0.05, 0) is 19.3 Å². The third-order valence-corrected chi connectivity index (χ3v) is 0.911. The minimum Gasteiger partial charge on any atom is -0.274 e. The van der Waals surface area contributed by atoms with Crippen molar-refractivity contribution >= 4 is 11.9 Å². The van der Waals surface area contributed by atoms with Crippen LogP contribution in [0, 0.1) is 0 Å². The van der Waals surface area contributed by atoms with Gasteiger partial charge in [0, 0.05) is 0 Å². The summed E-state index contributed by atoms with van der Waals surface area (Å²) in [7, 11) is 0. The molecule has 0 aromatic rings. The molecule has 0 radical (unpaired) electrons. The summed E-state index contributed by atoms with van der Waals surface area (Å²) in [5.74, 6) is 0. The van der Waals surface area contributed by atoms with Gasteiger partial charge in [0.25, 0.3) is 0 Å². The van der Waals surface area contributed by atoms with E-state index < -0.39 is 0 Å². The Kier molecular flexibility index (Phi) is 3.28. The molecule has 2 heteroatoms. The minimum atomic E-state index is 1.25. The lowest BCUT2D eigenvalue weighted by atomic mass is 10.4. The van der Waals surface area contributed by atoms with Crippen molar-refractivity contribution in [1.29, 1.82) is 0 Å². The molecule has 0 aliphatic rings. The fraction of sp³-hybridized carbons (Fsp3) is 0.500. The lowest BCUT2D eigenvalue weighted by Gasteiger charge is -1.79. The maximum Gasteiger partial charge on any atom is -0.0152 e. The SMILES string of the molecule is CC(C)=CSN. The van der Waals surface area contributed by atoms with E-state index in [1.807, 2.05) is 19.3 Å². The molecule has 0 atom stereocenters. The molecule has 0 amide bonds. The third-order valence-electron chi connectivity index (χ3n) is 0.304. The quantitative estimate of drug-likeness (QED) is 0.509. The van der Waals surface area contributed by atoms with Crippen molar-refractivity contribution in [1.82, 2.24) is 0 Å². The van der Waals surface area contributed by atoms with Crippen LogP contribution in [-0.2, 0) is 0 Å². The van der Waals surface area contributed by atoms with E-state index in [1.165, 1.54) is 17.5 Å². The molecule has 6 heavy (non-hydrogen) atoms. The summed E-state index contributed by atoms with van der Waals surface area (Å²) in [6.07, 6.45) is 0. The molecule has 0 aromatic heterocycles. The van der Waals surface area contributed by atoms with Crippen molar-refractivity contribution < 1.29 is 0 Å². The van der Waals surface area contributed by atoms with E-state index in [0.29, 0.717) is 0 Å². The first kappa shape index (κ1) is 6.05. The monoisotopic (exact) mass is 103 g/mol. The fourth-order valence-electron chi connectivity index (χ4n) is 0.136. The normalized spacial score (nSPS) is 7.83. The Hall–Kier alpha value is 0.0500. The van der Waals surface area contributed by atoms with Crippen LogP contribution in [0.3, 0.4) is 0 Å². The zero-order valence-electron chi connectivity index (χ0n) is 4.06. The van der Waals surface area contributed by atoms with Crippen molar-refractivity contribution in [3.05, 3.63) is 11.0 Å². The van der Waals surface area contributed by atoms with Crippen LogP contribution in [0.4, 0.5) is 0 Å². The van der Waals surface area contributed by atoms with Gasteiger partial charge in [0.05, 0.1) is 0 Å². The first-order chi connectivity index (χ1) is 2.77. The Morgan fingerprint density at radius 2 is 2.17 bits per heavy atom. The van der Waals surface area contributed by atoms with Crippen LogP contribution in [0.25, 0.3) is 0 Å². The summed E-state index contributed by atoms with van der Waals surface area (Å²) in [5, 5.41) is 6.97. The first-order valence-corrected chi connectivity index (χ1v) is 2.70. The summed E-state index contributed by atoms with van der Waals surface area (Å²) >= 11 is 1.25. The van der Waals surface area contributed by atoms with Gasteiger partial charge in [0.1, 0.15) is 0 Å². The zero-order valence-corrected chi connectivity index (χ0v) is 4.88. The van der Waals surface area contributed by atoms with E-state index in [4.69, 9.17) is 5.14 Å². The summed E-state index contributed by atoms with van der Waals surface area (Å²) in [4.78, 5) is 0. The number of hydrogen-bond donors (Lipinski definition) is 1. The maximum atomic E-state index is 5.07. The van der Waals surface area contributed by atoms with Gasteiger partial charge in [-0.3, -0.25) is 5.14 Å². The number of allylic oxidation sites excluding steroid dienone is 1. The molecule has 0 rings (SSSR count). The van der Waals surface area contributed by atoms with Gasteiger partial charge < -0.3 is 0 Å². The lowest BCUT2D eigenvalue weighted by molar-refractivity contribution is 1.41. The Bertz CT molecular complexity index is 54.6. The Labute approximate surface area is 42.7 Å². The van der Waals surface area contributed by atoms with Gasteiger partial charge in [0.2, 0.25) is 0 Å². The molecule has 2 N–H and O–H groups in total. The number of hydrogen-bond acceptors (Lipinski definition) is 2. The van der Waals surface area contributed by atoms with Crippen LogP contribution < -0.4 is 5.14 Å². The topological polar surface area (TPSA) is 26.0 Å². The van der Waals surface area contributed by atoms with E-state index in [-0.39, 0.29) is 0 Å². The molecule has 0 heterocycles. The van der Waals surface area contributed by atoms with E-state index in [9.17, 15) is 0 Å². The molecular formula is C4H9NS. The molecule has 0 fully saturated rings. The van der Waals surface area contributed by atoms with Gasteiger partial charge in [-0.15, -0.1) is 0 Å². The Morgan fingerprint density at radius 3 is 2.17 bits per heavy atom. The molecular weight excluding hydrogens is 94.1 g/mol. The van der Waals surface area contributed by atoms with Gasteiger partial charge in [-0.2, -0.15) is 0 Å².